The van der Waals surface area contributed by atoms with E-state index in [9.17, 15) is 5.26 Å². The van der Waals surface area contributed by atoms with Crippen LogP contribution in [0.4, 0.5) is 0 Å². The SMILES string of the molecule is Cc1c(C(C#N)=C(C#N)C#N)ccc2c1[nH]c1ccccc12. The molecule has 3 rings (SSSR count). The first kappa shape index (κ1) is 13.4. The van der Waals surface area contributed by atoms with Crippen LogP contribution in [-0.4, -0.2) is 4.98 Å². The molecule has 102 valence electrons. The quantitative estimate of drug-likeness (QED) is 0.685. The van der Waals surface area contributed by atoms with Crippen molar-refractivity contribution >= 4 is 27.4 Å². The Morgan fingerprint density at radius 3 is 2.32 bits per heavy atom. The van der Waals surface area contributed by atoms with Gasteiger partial charge in [-0.25, -0.2) is 0 Å². The van der Waals surface area contributed by atoms with E-state index in [1.165, 1.54) is 0 Å². The molecule has 0 aliphatic carbocycles. The molecule has 0 fully saturated rings. The number of aryl methyl sites for hydroxylation is 1. The van der Waals surface area contributed by atoms with Gasteiger partial charge in [0.25, 0.3) is 0 Å². The molecule has 0 aliphatic heterocycles. The lowest BCUT2D eigenvalue weighted by molar-refractivity contribution is 1.40. The first-order valence-corrected chi connectivity index (χ1v) is 6.66. The molecular formula is C18H10N4. The Morgan fingerprint density at radius 2 is 1.64 bits per heavy atom. The summed E-state index contributed by atoms with van der Waals surface area (Å²) in [6, 6.07) is 17.2. The Morgan fingerprint density at radius 1 is 0.909 bits per heavy atom. The Kier molecular flexibility index (Phi) is 3.11. The van der Waals surface area contributed by atoms with Crippen molar-refractivity contribution in [1.82, 2.24) is 4.98 Å². The molecule has 0 spiro atoms. The summed E-state index contributed by atoms with van der Waals surface area (Å²) in [5, 5.41) is 29.5. The molecule has 0 saturated heterocycles. The predicted molar refractivity (Wildman–Crippen MR) is 84.3 cm³/mol. The smallest absolute Gasteiger partial charge is 0.148 e. The molecule has 0 unspecified atom stereocenters. The van der Waals surface area contributed by atoms with E-state index >= 15 is 0 Å². The van der Waals surface area contributed by atoms with Crippen molar-refractivity contribution in [2.24, 2.45) is 0 Å². The number of rotatable bonds is 1. The van der Waals surface area contributed by atoms with Gasteiger partial charge < -0.3 is 4.98 Å². The fourth-order valence-electron chi connectivity index (χ4n) is 2.72. The normalized spacial score (nSPS) is 9.91. The van der Waals surface area contributed by atoms with Gasteiger partial charge in [0.05, 0.1) is 11.1 Å². The second-order valence-corrected chi connectivity index (χ2v) is 4.92. The zero-order valence-electron chi connectivity index (χ0n) is 11.8. The number of H-pyrrole nitrogens is 1. The molecule has 0 bridgehead atoms. The molecule has 2 aromatic carbocycles. The maximum absolute atomic E-state index is 9.33. The minimum Gasteiger partial charge on any atom is -0.354 e. The summed E-state index contributed by atoms with van der Waals surface area (Å²) in [7, 11) is 0. The van der Waals surface area contributed by atoms with Crippen molar-refractivity contribution in [3.05, 3.63) is 53.1 Å². The lowest BCUT2D eigenvalue weighted by atomic mass is 9.95. The maximum atomic E-state index is 9.33. The molecule has 0 atom stereocenters. The van der Waals surface area contributed by atoms with E-state index in [4.69, 9.17) is 10.5 Å². The Balaban J connectivity index is 2.40. The third kappa shape index (κ3) is 1.82. The minimum atomic E-state index is -0.166. The van der Waals surface area contributed by atoms with Gasteiger partial charge in [-0.05, 0) is 24.1 Å². The van der Waals surface area contributed by atoms with Crippen LogP contribution in [0.5, 0.6) is 0 Å². The van der Waals surface area contributed by atoms with Crippen LogP contribution in [0.2, 0.25) is 0 Å². The summed E-state index contributed by atoms with van der Waals surface area (Å²) in [4.78, 5) is 3.34. The summed E-state index contributed by atoms with van der Waals surface area (Å²) < 4.78 is 0. The van der Waals surface area contributed by atoms with Gasteiger partial charge >= 0.3 is 0 Å². The minimum absolute atomic E-state index is 0.114. The maximum Gasteiger partial charge on any atom is 0.148 e. The average molecular weight is 282 g/mol. The largest absolute Gasteiger partial charge is 0.354 e. The summed E-state index contributed by atoms with van der Waals surface area (Å²) >= 11 is 0. The van der Waals surface area contributed by atoms with Gasteiger partial charge in [0.15, 0.2) is 0 Å². The van der Waals surface area contributed by atoms with Crippen molar-refractivity contribution in [1.29, 1.82) is 15.8 Å². The number of fused-ring (bicyclic) bond motifs is 3. The Bertz CT molecular complexity index is 1050. The molecule has 0 radical (unpaired) electrons. The number of aromatic amines is 1. The van der Waals surface area contributed by atoms with Gasteiger partial charge in [-0.1, -0.05) is 30.3 Å². The zero-order chi connectivity index (χ0) is 15.7. The number of hydrogen-bond donors (Lipinski definition) is 1. The van der Waals surface area contributed by atoms with Gasteiger partial charge in [-0.3, -0.25) is 0 Å². The van der Waals surface area contributed by atoms with Crippen LogP contribution in [0.3, 0.4) is 0 Å². The van der Waals surface area contributed by atoms with Gasteiger partial charge in [-0.15, -0.1) is 0 Å². The molecule has 4 heteroatoms. The molecule has 4 nitrogen and oxygen atoms in total. The van der Waals surface area contributed by atoms with Crippen LogP contribution in [-0.2, 0) is 0 Å². The molecule has 1 N–H and O–H groups in total. The first-order chi connectivity index (χ1) is 10.7. The lowest BCUT2D eigenvalue weighted by Gasteiger charge is -2.05. The topological polar surface area (TPSA) is 87.2 Å². The third-order valence-electron chi connectivity index (χ3n) is 3.80. The highest BCUT2D eigenvalue weighted by atomic mass is 14.7. The van der Waals surface area contributed by atoms with E-state index in [2.05, 4.69) is 4.98 Å². The molecule has 1 heterocycles. The average Bonchev–Trinajstić information content (AvgIpc) is 2.93. The first-order valence-electron chi connectivity index (χ1n) is 6.66. The number of nitriles is 3. The molecule has 0 aliphatic rings. The fourth-order valence-corrected chi connectivity index (χ4v) is 2.72. The monoisotopic (exact) mass is 282 g/mol. The van der Waals surface area contributed by atoms with Gasteiger partial charge in [0.2, 0.25) is 0 Å². The molecular weight excluding hydrogens is 272 g/mol. The molecule has 0 saturated carbocycles. The molecule has 22 heavy (non-hydrogen) atoms. The van der Waals surface area contributed by atoms with Gasteiger partial charge in [0, 0.05) is 16.3 Å². The number of para-hydroxylation sites is 1. The number of aromatic nitrogens is 1. The number of nitrogens with one attached hydrogen (secondary N) is 1. The summed E-state index contributed by atoms with van der Waals surface area (Å²) in [6.07, 6.45) is 0. The fraction of sp³-hybridized carbons (Fsp3) is 0.0556. The predicted octanol–water partition coefficient (Wildman–Crippen LogP) is 3.95. The highest BCUT2D eigenvalue weighted by molar-refractivity contribution is 6.09. The summed E-state index contributed by atoms with van der Waals surface area (Å²) in [6.45, 7) is 1.89. The Hall–Kier alpha value is -3.55. The number of allylic oxidation sites excluding steroid dienone is 2. The van der Waals surface area contributed by atoms with Crippen molar-refractivity contribution in [2.45, 2.75) is 6.92 Å². The second kappa shape index (κ2) is 5.09. The van der Waals surface area contributed by atoms with E-state index in [1.54, 1.807) is 18.2 Å². The van der Waals surface area contributed by atoms with E-state index in [0.717, 1.165) is 27.4 Å². The summed E-state index contributed by atoms with van der Waals surface area (Å²) in [5.41, 5.74) is 3.35. The second-order valence-electron chi connectivity index (χ2n) is 4.92. The van der Waals surface area contributed by atoms with Crippen molar-refractivity contribution in [2.75, 3.05) is 0 Å². The van der Waals surface area contributed by atoms with E-state index in [-0.39, 0.29) is 11.1 Å². The molecule has 3 aromatic rings. The van der Waals surface area contributed by atoms with Gasteiger partial charge in [-0.2, -0.15) is 15.8 Å². The molecule has 1 aromatic heterocycles. The van der Waals surface area contributed by atoms with Crippen LogP contribution in [0.15, 0.2) is 42.0 Å². The highest BCUT2D eigenvalue weighted by Gasteiger charge is 2.15. The highest BCUT2D eigenvalue weighted by Crippen LogP contribution is 2.32. The van der Waals surface area contributed by atoms with E-state index < -0.39 is 0 Å². The number of hydrogen-bond acceptors (Lipinski definition) is 3. The van der Waals surface area contributed by atoms with Crippen LogP contribution < -0.4 is 0 Å². The standard InChI is InChI=1S/C18H10N4/c1-11-13(16(10-21)12(8-19)9-20)6-7-15-14-4-2-3-5-17(14)22-18(11)15/h2-7,22H,1H3. The van der Waals surface area contributed by atoms with Crippen molar-refractivity contribution in [3.8, 4) is 18.2 Å². The van der Waals surface area contributed by atoms with E-state index in [1.807, 2.05) is 43.3 Å². The van der Waals surface area contributed by atoms with Gasteiger partial charge in [0.1, 0.15) is 23.8 Å². The Labute approximate surface area is 127 Å². The summed E-state index contributed by atoms with van der Waals surface area (Å²) in [5.74, 6) is 0. The van der Waals surface area contributed by atoms with Crippen LogP contribution in [0.25, 0.3) is 27.4 Å². The van der Waals surface area contributed by atoms with Crippen LogP contribution >= 0.6 is 0 Å². The third-order valence-corrected chi connectivity index (χ3v) is 3.80. The van der Waals surface area contributed by atoms with Crippen molar-refractivity contribution < 1.29 is 0 Å². The molecule has 0 amide bonds. The van der Waals surface area contributed by atoms with Crippen molar-refractivity contribution in [3.63, 3.8) is 0 Å². The number of nitrogens with zero attached hydrogens (tertiary/aromatic N) is 3. The van der Waals surface area contributed by atoms with E-state index in [0.29, 0.717) is 5.56 Å². The van der Waals surface area contributed by atoms with Crippen LogP contribution in [0.1, 0.15) is 11.1 Å². The zero-order valence-corrected chi connectivity index (χ0v) is 11.8. The van der Waals surface area contributed by atoms with Crippen LogP contribution in [0, 0.1) is 40.9 Å². The number of benzene rings is 2. The lowest BCUT2D eigenvalue weighted by Crippen LogP contribution is -1.92.